The number of aryl methyl sites for hydroxylation is 1. The summed E-state index contributed by atoms with van der Waals surface area (Å²) in [5.74, 6) is 0.837. The number of carbonyl (C=O) groups excluding carboxylic acids is 1. The van der Waals surface area contributed by atoms with Crippen molar-refractivity contribution in [1.29, 1.82) is 0 Å². The van der Waals surface area contributed by atoms with E-state index >= 15 is 0 Å². The van der Waals surface area contributed by atoms with E-state index in [9.17, 15) is 9.59 Å². The third-order valence-electron chi connectivity index (χ3n) is 6.44. The van der Waals surface area contributed by atoms with E-state index in [1.54, 1.807) is 18.0 Å². The zero-order valence-corrected chi connectivity index (χ0v) is 20.4. The summed E-state index contributed by atoms with van der Waals surface area (Å²) in [4.78, 5) is 29.3. The molecule has 7 heteroatoms. The molecule has 1 amide bonds. The summed E-state index contributed by atoms with van der Waals surface area (Å²) in [6, 6.07) is 25.4. The normalized spacial score (nSPS) is 13.5. The number of nitrogens with zero attached hydrogens (tertiary/aromatic N) is 4. The number of carbonyl (C=O) groups is 1. The fourth-order valence-corrected chi connectivity index (χ4v) is 4.35. The van der Waals surface area contributed by atoms with Gasteiger partial charge in [0.25, 0.3) is 0 Å². The molecule has 1 saturated heterocycles. The van der Waals surface area contributed by atoms with Gasteiger partial charge in [-0.3, -0.25) is 9.59 Å². The summed E-state index contributed by atoms with van der Waals surface area (Å²) in [6.45, 7) is 5.94. The molecule has 0 unspecified atom stereocenters. The number of benzene rings is 3. The SMILES string of the molecule is CC(=O)N1CCN(c2cnn(-c3ccc(C)cc3)c(=O)c2Oc2ccc(-c3ccccc3)cc2)CC1. The van der Waals surface area contributed by atoms with Crippen LogP contribution in [0, 0.1) is 6.92 Å². The van der Waals surface area contributed by atoms with E-state index in [0.29, 0.717) is 43.3 Å². The predicted molar refractivity (Wildman–Crippen MR) is 141 cm³/mol. The molecule has 182 valence electrons. The summed E-state index contributed by atoms with van der Waals surface area (Å²) in [5.41, 5.74) is 4.23. The summed E-state index contributed by atoms with van der Waals surface area (Å²) < 4.78 is 7.61. The largest absolute Gasteiger partial charge is 0.449 e. The molecule has 2 heterocycles. The Morgan fingerprint density at radius 2 is 1.47 bits per heavy atom. The predicted octanol–water partition coefficient (Wildman–Crippen LogP) is 4.67. The summed E-state index contributed by atoms with van der Waals surface area (Å²) in [6.07, 6.45) is 1.68. The van der Waals surface area contributed by atoms with Gasteiger partial charge in [-0.2, -0.15) is 9.78 Å². The Hall–Kier alpha value is -4.39. The molecule has 0 N–H and O–H groups in total. The Balaban J connectivity index is 1.50. The molecule has 0 bridgehead atoms. The number of hydrogen-bond acceptors (Lipinski definition) is 5. The first kappa shape index (κ1) is 23.4. The van der Waals surface area contributed by atoms with Crippen LogP contribution in [0.3, 0.4) is 0 Å². The van der Waals surface area contributed by atoms with Gasteiger partial charge in [0.15, 0.2) is 0 Å². The fraction of sp³-hybridized carbons (Fsp3) is 0.207. The molecule has 1 fully saturated rings. The van der Waals surface area contributed by atoms with Gasteiger partial charge in [-0.25, -0.2) is 0 Å². The second-order valence-corrected chi connectivity index (χ2v) is 8.90. The van der Waals surface area contributed by atoms with Crippen LogP contribution in [0.4, 0.5) is 5.69 Å². The minimum atomic E-state index is -0.336. The average Bonchev–Trinajstić information content (AvgIpc) is 2.91. The van der Waals surface area contributed by atoms with Crippen LogP contribution >= 0.6 is 0 Å². The van der Waals surface area contributed by atoms with Crippen molar-refractivity contribution in [2.45, 2.75) is 13.8 Å². The van der Waals surface area contributed by atoms with Crippen molar-refractivity contribution in [3.63, 3.8) is 0 Å². The Kier molecular flexibility index (Phi) is 6.54. The van der Waals surface area contributed by atoms with E-state index in [4.69, 9.17) is 4.74 Å². The molecule has 1 aliphatic heterocycles. The van der Waals surface area contributed by atoms with Gasteiger partial charge in [-0.1, -0.05) is 60.2 Å². The highest BCUT2D eigenvalue weighted by atomic mass is 16.5. The van der Waals surface area contributed by atoms with Crippen molar-refractivity contribution in [2.24, 2.45) is 0 Å². The van der Waals surface area contributed by atoms with Crippen molar-refractivity contribution in [2.75, 3.05) is 31.1 Å². The Morgan fingerprint density at radius 3 is 2.11 bits per heavy atom. The molecule has 5 rings (SSSR count). The van der Waals surface area contributed by atoms with Gasteiger partial charge >= 0.3 is 5.56 Å². The molecule has 1 aromatic heterocycles. The Labute approximate surface area is 210 Å². The van der Waals surface area contributed by atoms with Crippen LogP contribution in [0.15, 0.2) is 89.9 Å². The summed E-state index contributed by atoms with van der Waals surface area (Å²) in [7, 11) is 0. The van der Waals surface area contributed by atoms with Crippen molar-refractivity contribution in [1.82, 2.24) is 14.7 Å². The highest BCUT2D eigenvalue weighted by Gasteiger charge is 2.24. The van der Waals surface area contributed by atoms with Crippen LogP contribution in [-0.2, 0) is 4.79 Å². The molecular formula is C29H28N4O3. The van der Waals surface area contributed by atoms with Gasteiger partial charge in [0.1, 0.15) is 11.4 Å². The molecule has 0 saturated carbocycles. The first-order valence-electron chi connectivity index (χ1n) is 12.0. The molecule has 7 nitrogen and oxygen atoms in total. The molecule has 1 aliphatic rings. The molecule has 36 heavy (non-hydrogen) atoms. The molecule has 3 aromatic carbocycles. The number of rotatable bonds is 5. The maximum atomic E-state index is 13.7. The number of aromatic nitrogens is 2. The van der Waals surface area contributed by atoms with Crippen LogP contribution in [0.2, 0.25) is 0 Å². The number of ether oxygens (including phenoxy) is 1. The Morgan fingerprint density at radius 1 is 0.833 bits per heavy atom. The van der Waals surface area contributed by atoms with Crippen molar-refractivity contribution in [3.8, 4) is 28.3 Å². The number of anilines is 1. The van der Waals surface area contributed by atoms with Gasteiger partial charge in [0.05, 0.1) is 11.9 Å². The summed E-state index contributed by atoms with van der Waals surface area (Å²) >= 11 is 0. The van der Waals surface area contributed by atoms with E-state index < -0.39 is 0 Å². The van der Waals surface area contributed by atoms with E-state index in [1.807, 2.05) is 73.7 Å². The molecule has 0 aliphatic carbocycles. The minimum absolute atomic E-state index is 0.0533. The number of hydrogen-bond donors (Lipinski definition) is 0. The van der Waals surface area contributed by atoms with Crippen LogP contribution < -0.4 is 15.2 Å². The van der Waals surface area contributed by atoms with Gasteiger partial charge in [0.2, 0.25) is 11.7 Å². The zero-order chi connectivity index (χ0) is 25.1. The topological polar surface area (TPSA) is 67.7 Å². The average molecular weight is 481 g/mol. The van der Waals surface area contributed by atoms with E-state index in [2.05, 4.69) is 22.1 Å². The van der Waals surface area contributed by atoms with Gasteiger partial charge in [0, 0.05) is 33.1 Å². The first-order valence-corrected chi connectivity index (χ1v) is 12.0. The minimum Gasteiger partial charge on any atom is -0.449 e. The van der Waals surface area contributed by atoms with E-state index in [-0.39, 0.29) is 17.2 Å². The highest BCUT2D eigenvalue weighted by Crippen LogP contribution is 2.31. The van der Waals surface area contributed by atoms with Crippen molar-refractivity contribution < 1.29 is 9.53 Å². The second-order valence-electron chi connectivity index (χ2n) is 8.90. The van der Waals surface area contributed by atoms with Crippen LogP contribution in [0.25, 0.3) is 16.8 Å². The Bertz CT molecular complexity index is 1410. The van der Waals surface area contributed by atoms with Gasteiger partial charge < -0.3 is 14.5 Å². The maximum Gasteiger partial charge on any atom is 0.316 e. The lowest BCUT2D eigenvalue weighted by molar-refractivity contribution is -0.129. The first-order chi connectivity index (χ1) is 17.5. The van der Waals surface area contributed by atoms with Crippen LogP contribution in [0.5, 0.6) is 11.5 Å². The molecular weight excluding hydrogens is 452 g/mol. The number of piperazine rings is 1. The van der Waals surface area contributed by atoms with Crippen LogP contribution in [-0.4, -0.2) is 46.8 Å². The standard InChI is InChI=1S/C29H28N4O3/c1-21-8-12-25(13-9-21)33-29(35)28(27(20-30-33)32-18-16-31(17-19-32)22(2)34)36-26-14-10-24(11-15-26)23-6-4-3-5-7-23/h3-15,20H,16-19H2,1-2H3. The zero-order valence-electron chi connectivity index (χ0n) is 20.4. The molecule has 0 spiro atoms. The van der Waals surface area contributed by atoms with Crippen LogP contribution in [0.1, 0.15) is 12.5 Å². The van der Waals surface area contributed by atoms with E-state index in [0.717, 1.165) is 16.7 Å². The fourth-order valence-electron chi connectivity index (χ4n) is 4.35. The second kappa shape index (κ2) is 10.1. The maximum absolute atomic E-state index is 13.7. The lowest BCUT2D eigenvalue weighted by atomic mass is 10.1. The lowest BCUT2D eigenvalue weighted by Gasteiger charge is -2.35. The highest BCUT2D eigenvalue weighted by molar-refractivity contribution is 5.73. The van der Waals surface area contributed by atoms with Gasteiger partial charge in [-0.15, -0.1) is 0 Å². The molecule has 4 aromatic rings. The lowest BCUT2D eigenvalue weighted by Crippen LogP contribution is -2.48. The number of amides is 1. The molecule has 0 atom stereocenters. The monoisotopic (exact) mass is 480 g/mol. The third-order valence-corrected chi connectivity index (χ3v) is 6.44. The van der Waals surface area contributed by atoms with Crippen molar-refractivity contribution >= 4 is 11.6 Å². The van der Waals surface area contributed by atoms with Crippen molar-refractivity contribution in [3.05, 3.63) is 101 Å². The van der Waals surface area contributed by atoms with Gasteiger partial charge in [-0.05, 0) is 42.3 Å². The summed E-state index contributed by atoms with van der Waals surface area (Å²) in [5, 5.41) is 4.47. The third kappa shape index (κ3) is 4.86. The quantitative estimate of drug-likeness (QED) is 0.415. The smallest absolute Gasteiger partial charge is 0.316 e. The van der Waals surface area contributed by atoms with E-state index in [1.165, 1.54) is 4.68 Å². The molecule has 0 radical (unpaired) electrons.